The molecule has 0 aliphatic carbocycles. The van der Waals surface area contributed by atoms with Gasteiger partial charge in [0.1, 0.15) is 5.75 Å². The minimum atomic E-state index is -0.0399. The second-order valence-electron chi connectivity index (χ2n) is 8.24. The second kappa shape index (κ2) is 8.54. The molecule has 2 aromatic rings. The first-order chi connectivity index (χ1) is 13.7. The highest BCUT2D eigenvalue weighted by Crippen LogP contribution is 2.37. The molecule has 4 rings (SSSR count). The van der Waals surface area contributed by atoms with Crippen molar-refractivity contribution in [3.63, 3.8) is 0 Å². The highest BCUT2D eigenvalue weighted by Gasteiger charge is 2.42. The molecule has 0 saturated carbocycles. The van der Waals surface area contributed by atoms with Crippen LogP contribution in [0.1, 0.15) is 25.3 Å². The van der Waals surface area contributed by atoms with Crippen molar-refractivity contribution in [1.29, 1.82) is 0 Å². The number of benzene rings is 2. The van der Waals surface area contributed by atoms with Crippen molar-refractivity contribution in [3.05, 3.63) is 60.2 Å². The highest BCUT2D eigenvalue weighted by molar-refractivity contribution is 5.59. The Morgan fingerprint density at radius 1 is 1.04 bits per heavy atom. The normalized spacial score (nSPS) is 22.4. The molecule has 2 fully saturated rings. The van der Waals surface area contributed by atoms with Gasteiger partial charge >= 0.3 is 0 Å². The molecule has 1 atom stereocenters. The maximum Gasteiger partial charge on any atom is 0.142 e. The van der Waals surface area contributed by atoms with E-state index in [-0.39, 0.29) is 11.7 Å². The summed E-state index contributed by atoms with van der Waals surface area (Å²) >= 11 is 0. The number of ether oxygens (including phenoxy) is 2. The third-order valence-electron chi connectivity index (χ3n) is 6.16. The van der Waals surface area contributed by atoms with Crippen LogP contribution in [0.2, 0.25) is 0 Å². The Morgan fingerprint density at radius 3 is 2.50 bits per heavy atom. The first-order valence-corrected chi connectivity index (χ1v) is 10.5. The van der Waals surface area contributed by atoms with E-state index in [1.54, 1.807) is 7.11 Å². The van der Waals surface area contributed by atoms with Gasteiger partial charge in [0.2, 0.25) is 0 Å². The van der Waals surface area contributed by atoms with Gasteiger partial charge in [0.05, 0.1) is 24.5 Å². The molecule has 0 aromatic heterocycles. The van der Waals surface area contributed by atoms with Gasteiger partial charge in [-0.25, -0.2) is 0 Å². The Bertz CT molecular complexity index is 756. The van der Waals surface area contributed by atoms with Gasteiger partial charge in [-0.2, -0.15) is 0 Å². The summed E-state index contributed by atoms with van der Waals surface area (Å²) < 4.78 is 12.2. The number of morpholine rings is 1. The molecule has 0 N–H and O–H groups in total. The average Bonchev–Trinajstić information content (AvgIpc) is 2.73. The first-order valence-electron chi connectivity index (χ1n) is 10.5. The van der Waals surface area contributed by atoms with Crippen LogP contribution in [0.15, 0.2) is 54.6 Å². The predicted molar refractivity (Wildman–Crippen MR) is 114 cm³/mol. The van der Waals surface area contributed by atoms with Gasteiger partial charge in [0, 0.05) is 32.7 Å². The number of nitrogens with zero attached hydrogens (tertiary/aromatic N) is 2. The monoisotopic (exact) mass is 380 g/mol. The topological polar surface area (TPSA) is 24.9 Å². The van der Waals surface area contributed by atoms with Crippen LogP contribution >= 0.6 is 0 Å². The van der Waals surface area contributed by atoms with E-state index in [4.69, 9.17) is 9.47 Å². The van der Waals surface area contributed by atoms with E-state index in [1.165, 1.54) is 11.3 Å². The standard InChI is InChI=1S/C24H32N2O2/c1-20-18-26(22-10-6-7-11-23(22)27-2)19-24(28-20)13-16-25(17-14-24)15-12-21-8-4-3-5-9-21/h3-11,20H,12-19H2,1-2H3. The van der Waals surface area contributed by atoms with Crippen molar-refractivity contribution >= 4 is 5.69 Å². The van der Waals surface area contributed by atoms with E-state index in [1.807, 2.05) is 12.1 Å². The largest absolute Gasteiger partial charge is 0.495 e. The molecule has 0 bridgehead atoms. The van der Waals surface area contributed by atoms with Crippen molar-refractivity contribution in [2.24, 2.45) is 0 Å². The van der Waals surface area contributed by atoms with Crippen molar-refractivity contribution in [3.8, 4) is 5.75 Å². The summed E-state index contributed by atoms with van der Waals surface area (Å²) in [5.74, 6) is 0.951. The van der Waals surface area contributed by atoms with Gasteiger partial charge in [0.25, 0.3) is 0 Å². The number of rotatable bonds is 5. The third kappa shape index (κ3) is 4.34. The maximum absolute atomic E-state index is 6.54. The molecule has 2 saturated heterocycles. The van der Waals surface area contributed by atoms with E-state index < -0.39 is 0 Å². The zero-order valence-electron chi connectivity index (χ0n) is 17.1. The lowest BCUT2D eigenvalue weighted by Gasteiger charge is -2.50. The summed E-state index contributed by atoms with van der Waals surface area (Å²) in [7, 11) is 1.75. The molecule has 1 spiro atoms. The number of para-hydroxylation sites is 2. The summed E-state index contributed by atoms with van der Waals surface area (Å²) in [6.07, 6.45) is 3.54. The van der Waals surface area contributed by atoms with E-state index in [2.05, 4.69) is 59.2 Å². The van der Waals surface area contributed by atoms with Gasteiger partial charge in [0.15, 0.2) is 0 Å². The highest BCUT2D eigenvalue weighted by atomic mass is 16.5. The van der Waals surface area contributed by atoms with Crippen LogP contribution in [-0.2, 0) is 11.2 Å². The van der Waals surface area contributed by atoms with E-state index in [9.17, 15) is 0 Å². The molecular formula is C24H32N2O2. The number of hydrogen-bond donors (Lipinski definition) is 0. The Morgan fingerprint density at radius 2 is 1.75 bits per heavy atom. The van der Waals surface area contributed by atoms with Crippen molar-refractivity contribution in [1.82, 2.24) is 4.90 Å². The molecule has 150 valence electrons. The molecule has 4 nitrogen and oxygen atoms in total. The number of hydrogen-bond acceptors (Lipinski definition) is 4. The van der Waals surface area contributed by atoms with Crippen LogP contribution in [-0.4, -0.2) is 56.4 Å². The molecule has 0 amide bonds. The van der Waals surface area contributed by atoms with E-state index in [0.29, 0.717) is 0 Å². The summed E-state index contributed by atoms with van der Waals surface area (Å²) in [5.41, 5.74) is 2.57. The number of methoxy groups -OCH3 is 1. The molecule has 2 aliphatic rings. The Balaban J connectivity index is 1.38. The van der Waals surface area contributed by atoms with Gasteiger partial charge in [-0.15, -0.1) is 0 Å². The summed E-state index contributed by atoms with van der Waals surface area (Å²) in [6.45, 7) is 7.42. The molecule has 2 aliphatic heterocycles. The van der Waals surface area contributed by atoms with Crippen LogP contribution in [0.3, 0.4) is 0 Å². The quantitative estimate of drug-likeness (QED) is 0.783. The molecular weight excluding hydrogens is 348 g/mol. The van der Waals surface area contributed by atoms with E-state index >= 15 is 0 Å². The molecule has 28 heavy (non-hydrogen) atoms. The summed E-state index contributed by atoms with van der Waals surface area (Å²) in [4.78, 5) is 5.06. The average molecular weight is 381 g/mol. The Kier molecular flexibility index (Phi) is 5.88. The predicted octanol–water partition coefficient (Wildman–Crippen LogP) is 4.00. The second-order valence-corrected chi connectivity index (χ2v) is 8.24. The third-order valence-corrected chi connectivity index (χ3v) is 6.16. The lowest BCUT2D eigenvalue weighted by Crippen LogP contribution is -2.59. The minimum Gasteiger partial charge on any atom is -0.495 e. The van der Waals surface area contributed by atoms with Crippen molar-refractivity contribution in [2.75, 3.05) is 44.7 Å². The smallest absolute Gasteiger partial charge is 0.142 e. The lowest BCUT2D eigenvalue weighted by molar-refractivity contribution is -0.126. The van der Waals surface area contributed by atoms with Crippen LogP contribution in [0.5, 0.6) is 5.75 Å². The molecule has 2 heterocycles. The first kappa shape index (κ1) is 19.3. The van der Waals surface area contributed by atoms with Crippen molar-refractivity contribution in [2.45, 2.75) is 37.9 Å². The van der Waals surface area contributed by atoms with Gasteiger partial charge in [-0.3, -0.25) is 0 Å². The van der Waals surface area contributed by atoms with Crippen LogP contribution in [0, 0.1) is 0 Å². The Labute approximate surface area is 169 Å². The van der Waals surface area contributed by atoms with Crippen LogP contribution in [0.25, 0.3) is 0 Å². The van der Waals surface area contributed by atoms with Crippen molar-refractivity contribution < 1.29 is 9.47 Å². The molecule has 2 aromatic carbocycles. The SMILES string of the molecule is COc1ccccc1N1CC(C)OC2(CCN(CCc3ccccc3)CC2)C1. The maximum atomic E-state index is 6.54. The number of piperidine rings is 1. The fourth-order valence-electron chi connectivity index (χ4n) is 4.69. The van der Waals surface area contributed by atoms with Gasteiger partial charge in [-0.05, 0) is 43.9 Å². The van der Waals surface area contributed by atoms with Crippen LogP contribution < -0.4 is 9.64 Å². The van der Waals surface area contributed by atoms with E-state index in [0.717, 1.165) is 57.7 Å². The summed E-state index contributed by atoms with van der Waals surface area (Å²) in [6, 6.07) is 19.1. The Hall–Kier alpha value is -2.04. The zero-order chi connectivity index (χ0) is 19.4. The number of likely N-dealkylation sites (tertiary alicyclic amines) is 1. The molecule has 1 unspecified atom stereocenters. The zero-order valence-corrected chi connectivity index (χ0v) is 17.1. The van der Waals surface area contributed by atoms with Crippen LogP contribution in [0.4, 0.5) is 5.69 Å². The van der Waals surface area contributed by atoms with Gasteiger partial charge < -0.3 is 19.3 Å². The molecule has 4 heteroatoms. The molecule has 0 radical (unpaired) electrons. The lowest BCUT2D eigenvalue weighted by atomic mass is 9.88. The fraction of sp³-hybridized carbons (Fsp3) is 0.500. The fourth-order valence-corrected chi connectivity index (χ4v) is 4.69. The van der Waals surface area contributed by atoms with Gasteiger partial charge in [-0.1, -0.05) is 42.5 Å². The number of anilines is 1. The summed E-state index contributed by atoms with van der Waals surface area (Å²) in [5, 5.41) is 0. The minimum absolute atomic E-state index is 0.0399.